The van der Waals surface area contributed by atoms with Crippen LogP contribution in [0.15, 0.2) is 22.0 Å². The average molecular weight is 311 g/mol. The van der Waals surface area contributed by atoms with Crippen molar-refractivity contribution in [3.63, 3.8) is 0 Å². The van der Waals surface area contributed by atoms with Crippen LogP contribution in [0.25, 0.3) is 0 Å². The van der Waals surface area contributed by atoms with Crippen LogP contribution in [0.3, 0.4) is 0 Å². The first-order valence-electron chi connectivity index (χ1n) is 7.38. The summed E-state index contributed by atoms with van der Waals surface area (Å²) >= 11 is 1.64. The molecule has 0 radical (unpaired) electrons. The van der Waals surface area contributed by atoms with E-state index in [1.54, 1.807) is 11.3 Å². The van der Waals surface area contributed by atoms with Gasteiger partial charge in [-0.25, -0.2) is 0 Å². The molecule has 21 heavy (non-hydrogen) atoms. The second-order valence-corrected chi connectivity index (χ2v) is 5.98. The van der Waals surface area contributed by atoms with Crippen molar-refractivity contribution in [3.05, 3.63) is 22.4 Å². The quantitative estimate of drug-likeness (QED) is 0.283. The second kappa shape index (κ2) is 8.67. The van der Waals surface area contributed by atoms with Gasteiger partial charge in [-0.15, -0.1) is 0 Å². The summed E-state index contributed by atoms with van der Waals surface area (Å²) < 4.78 is 0. The highest BCUT2D eigenvalue weighted by Crippen LogP contribution is 2.30. The molecular weight excluding hydrogens is 286 g/mol. The van der Waals surface area contributed by atoms with Crippen molar-refractivity contribution in [2.45, 2.75) is 46.0 Å². The first kappa shape index (κ1) is 17.5. The molecule has 0 saturated carbocycles. The molecule has 0 atom stereocenters. The van der Waals surface area contributed by atoms with Crippen molar-refractivity contribution in [1.29, 1.82) is 0 Å². The summed E-state index contributed by atoms with van der Waals surface area (Å²) in [5.74, 6) is -0.129. The fourth-order valence-corrected chi connectivity index (χ4v) is 3.30. The van der Waals surface area contributed by atoms with Crippen molar-refractivity contribution >= 4 is 23.1 Å². The minimum absolute atomic E-state index is 0.0132. The van der Waals surface area contributed by atoms with Crippen LogP contribution in [-0.2, 0) is 11.2 Å². The van der Waals surface area contributed by atoms with Crippen LogP contribution in [0.2, 0.25) is 0 Å². The van der Waals surface area contributed by atoms with Crippen molar-refractivity contribution in [2.24, 2.45) is 16.3 Å². The molecule has 0 fully saturated rings. The minimum atomic E-state index is -0.896. The van der Waals surface area contributed by atoms with Gasteiger partial charge < -0.3 is 16.3 Å². The van der Waals surface area contributed by atoms with E-state index in [4.69, 9.17) is 10.9 Å². The maximum absolute atomic E-state index is 12.6. The number of nitrogens with one attached hydrogen (secondary N) is 1. The maximum atomic E-state index is 12.6. The molecule has 0 aliphatic rings. The number of thiophene rings is 1. The summed E-state index contributed by atoms with van der Waals surface area (Å²) in [6.07, 6.45) is 3.56. The summed E-state index contributed by atoms with van der Waals surface area (Å²) in [4.78, 5) is 12.6. The number of oxime groups is 1. The zero-order chi connectivity index (χ0) is 15.7. The first-order chi connectivity index (χ1) is 10.1. The normalized spacial score (nSPS) is 12.4. The van der Waals surface area contributed by atoms with Gasteiger partial charge in [0.25, 0.3) is 0 Å². The van der Waals surface area contributed by atoms with E-state index in [1.165, 1.54) is 5.56 Å². The highest BCUT2D eigenvalue weighted by atomic mass is 32.1. The molecule has 1 heterocycles. The lowest BCUT2D eigenvalue weighted by molar-refractivity contribution is -0.128. The molecular formula is C15H25N3O2S. The lowest BCUT2D eigenvalue weighted by Crippen LogP contribution is -2.50. The number of carbonyl (C=O) groups excluding carboxylic acids is 1. The SMILES string of the molecule is CCCC(CCC)(C(=O)NCCc1ccsc1)C(N)=NO. The van der Waals surface area contributed by atoms with Crippen LogP contribution in [0.5, 0.6) is 0 Å². The maximum Gasteiger partial charge on any atom is 0.233 e. The monoisotopic (exact) mass is 311 g/mol. The zero-order valence-corrected chi connectivity index (χ0v) is 13.6. The van der Waals surface area contributed by atoms with Gasteiger partial charge in [-0.05, 0) is 41.7 Å². The molecule has 0 saturated heterocycles. The molecule has 1 rings (SSSR count). The van der Waals surface area contributed by atoms with Gasteiger partial charge in [0.15, 0.2) is 5.84 Å². The number of rotatable bonds is 9. The van der Waals surface area contributed by atoms with Crippen LogP contribution in [-0.4, -0.2) is 23.5 Å². The van der Waals surface area contributed by atoms with Gasteiger partial charge in [-0.2, -0.15) is 11.3 Å². The number of nitrogens with zero attached hydrogens (tertiary/aromatic N) is 1. The Hall–Kier alpha value is -1.56. The number of amides is 1. The molecule has 118 valence electrons. The standard InChI is InChI=1S/C15H25N3O2S/c1-3-7-15(8-4-2,13(16)18-20)14(19)17-9-5-12-6-10-21-11-12/h6,10-11,20H,3-5,7-9H2,1-2H3,(H2,16,18)(H,17,19). The van der Waals surface area contributed by atoms with Crippen LogP contribution < -0.4 is 11.1 Å². The Bertz CT molecular complexity index is 451. The second-order valence-electron chi connectivity index (χ2n) is 5.20. The highest BCUT2D eigenvalue weighted by molar-refractivity contribution is 7.07. The molecule has 4 N–H and O–H groups in total. The molecule has 0 bridgehead atoms. The summed E-state index contributed by atoms with van der Waals surface area (Å²) in [5, 5.41) is 19.2. The van der Waals surface area contributed by atoms with Gasteiger partial charge >= 0.3 is 0 Å². The predicted molar refractivity (Wildman–Crippen MR) is 86.7 cm³/mol. The van der Waals surface area contributed by atoms with Crippen molar-refractivity contribution in [1.82, 2.24) is 5.32 Å². The number of hydrogen-bond donors (Lipinski definition) is 3. The molecule has 0 aliphatic carbocycles. The Morgan fingerprint density at radius 3 is 2.57 bits per heavy atom. The Kier molecular flexibility index (Phi) is 7.22. The van der Waals surface area contributed by atoms with Crippen molar-refractivity contribution in [3.8, 4) is 0 Å². The molecule has 1 amide bonds. The van der Waals surface area contributed by atoms with E-state index >= 15 is 0 Å². The Labute approximate surface area is 130 Å². The van der Waals surface area contributed by atoms with E-state index in [0.717, 1.165) is 19.3 Å². The van der Waals surface area contributed by atoms with Crippen LogP contribution in [0, 0.1) is 5.41 Å². The third-order valence-corrected chi connectivity index (χ3v) is 4.40. The summed E-state index contributed by atoms with van der Waals surface area (Å²) in [6, 6.07) is 2.05. The average Bonchev–Trinajstić information content (AvgIpc) is 2.99. The van der Waals surface area contributed by atoms with Gasteiger partial charge in [0, 0.05) is 6.54 Å². The Balaban J connectivity index is 2.74. The van der Waals surface area contributed by atoms with Crippen LogP contribution >= 0.6 is 11.3 Å². The van der Waals surface area contributed by atoms with Crippen molar-refractivity contribution < 1.29 is 10.0 Å². The van der Waals surface area contributed by atoms with E-state index in [1.807, 2.05) is 25.3 Å². The lowest BCUT2D eigenvalue weighted by atomic mass is 9.77. The molecule has 0 aliphatic heterocycles. The third kappa shape index (κ3) is 4.46. The van der Waals surface area contributed by atoms with E-state index in [0.29, 0.717) is 19.4 Å². The fraction of sp³-hybridized carbons (Fsp3) is 0.600. The number of carbonyl (C=O) groups is 1. The zero-order valence-electron chi connectivity index (χ0n) is 12.8. The molecule has 1 aromatic rings. The summed E-state index contributed by atoms with van der Waals surface area (Å²) in [6.45, 7) is 4.55. The highest BCUT2D eigenvalue weighted by Gasteiger charge is 2.41. The molecule has 0 unspecified atom stereocenters. The largest absolute Gasteiger partial charge is 0.409 e. The molecule has 6 heteroatoms. The molecule has 5 nitrogen and oxygen atoms in total. The van der Waals surface area contributed by atoms with Crippen LogP contribution in [0.4, 0.5) is 0 Å². The van der Waals surface area contributed by atoms with Gasteiger partial charge in [0.1, 0.15) is 5.41 Å². The number of nitrogens with two attached hydrogens (primary N) is 1. The van der Waals surface area contributed by atoms with E-state index in [2.05, 4.69) is 15.9 Å². The van der Waals surface area contributed by atoms with E-state index in [9.17, 15) is 4.79 Å². The number of hydrogen-bond acceptors (Lipinski definition) is 4. The smallest absolute Gasteiger partial charge is 0.233 e. The summed E-state index contributed by atoms with van der Waals surface area (Å²) in [7, 11) is 0. The first-order valence-corrected chi connectivity index (χ1v) is 8.32. The summed E-state index contributed by atoms with van der Waals surface area (Å²) in [5.41, 5.74) is 6.15. The van der Waals surface area contributed by atoms with Crippen molar-refractivity contribution in [2.75, 3.05) is 6.54 Å². The van der Waals surface area contributed by atoms with E-state index < -0.39 is 5.41 Å². The van der Waals surface area contributed by atoms with E-state index in [-0.39, 0.29) is 11.7 Å². The Morgan fingerprint density at radius 2 is 2.10 bits per heavy atom. The molecule has 0 aromatic carbocycles. The lowest BCUT2D eigenvalue weighted by Gasteiger charge is -2.30. The Morgan fingerprint density at radius 1 is 1.43 bits per heavy atom. The van der Waals surface area contributed by atoms with Gasteiger partial charge in [-0.1, -0.05) is 31.8 Å². The van der Waals surface area contributed by atoms with Crippen LogP contribution in [0.1, 0.15) is 45.1 Å². The van der Waals surface area contributed by atoms with Gasteiger partial charge in [0.05, 0.1) is 0 Å². The van der Waals surface area contributed by atoms with Gasteiger partial charge in [-0.3, -0.25) is 4.79 Å². The number of amidine groups is 1. The molecule has 1 aromatic heterocycles. The minimum Gasteiger partial charge on any atom is -0.409 e. The topological polar surface area (TPSA) is 87.7 Å². The third-order valence-electron chi connectivity index (χ3n) is 3.67. The predicted octanol–water partition coefficient (Wildman–Crippen LogP) is 2.74. The molecule has 0 spiro atoms. The fourth-order valence-electron chi connectivity index (χ4n) is 2.60. The van der Waals surface area contributed by atoms with Gasteiger partial charge in [0.2, 0.25) is 5.91 Å².